The van der Waals surface area contributed by atoms with E-state index in [1.165, 1.54) is 0 Å². The monoisotopic (exact) mass is 341 g/mol. The van der Waals surface area contributed by atoms with Crippen molar-refractivity contribution in [2.45, 2.75) is 46.3 Å². The van der Waals surface area contributed by atoms with Gasteiger partial charge < -0.3 is 24.2 Å². The Morgan fingerprint density at radius 2 is 1.82 bits per heavy atom. The van der Waals surface area contributed by atoms with E-state index in [1.54, 1.807) is 34.6 Å². The summed E-state index contributed by atoms with van der Waals surface area (Å²) in [5, 5.41) is 11.4. The van der Waals surface area contributed by atoms with Gasteiger partial charge in [0.15, 0.2) is 0 Å². The van der Waals surface area contributed by atoms with Gasteiger partial charge in [-0.15, -0.1) is 0 Å². The predicted octanol–water partition coefficient (Wildman–Crippen LogP) is 2.95. The second kappa shape index (κ2) is 9.25. The lowest BCUT2D eigenvalue weighted by atomic mass is 10.2. The van der Waals surface area contributed by atoms with Crippen LogP contribution in [0.1, 0.15) is 34.6 Å². The van der Waals surface area contributed by atoms with Gasteiger partial charge in [-0.25, -0.2) is 4.79 Å². The van der Waals surface area contributed by atoms with Crippen LogP contribution in [-0.2, 0) is 18.3 Å². The summed E-state index contributed by atoms with van der Waals surface area (Å²) in [5.74, 6) is 0. The number of nitrogens with one attached hydrogen (secondary N) is 1. The Balaban J connectivity index is 5.01. The van der Waals surface area contributed by atoms with Crippen molar-refractivity contribution in [2.75, 3.05) is 19.8 Å². The predicted molar refractivity (Wildman–Crippen MR) is 80.3 cm³/mol. The molecule has 0 heterocycles. The summed E-state index contributed by atoms with van der Waals surface area (Å²) < 4.78 is 40.9. The smallest absolute Gasteiger partial charge is 0.408 e. The molecule has 1 atom stereocenters. The maximum atomic E-state index is 14.1. The fourth-order valence-electron chi connectivity index (χ4n) is 1.36. The number of carbonyl (C=O) groups is 1. The van der Waals surface area contributed by atoms with Crippen molar-refractivity contribution >= 4 is 13.7 Å². The van der Waals surface area contributed by atoms with Crippen LogP contribution in [0, 0.1) is 0 Å². The number of amides is 1. The number of carbonyl (C=O) groups excluding carboxylic acids is 1. The fourth-order valence-corrected chi connectivity index (χ4v) is 2.72. The molecular weight excluding hydrogens is 316 g/mol. The molecule has 0 saturated carbocycles. The number of aliphatic hydroxyl groups is 1. The molecule has 7 nitrogen and oxygen atoms in total. The highest BCUT2D eigenvalue weighted by molar-refractivity contribution is 7.58. The third kappa shape index (κ3) is 7.89. The Bertz CT molecular complexity index is 425. The van der Waals surface area contributed by atoms with E-state index < -0.39 is 37.5 Å². The van der Waals surface area contributed by atoms with Crippen LogP contribution in [0.5, 0.6) is 0 Å². The Morgan fingerprint density at radius 1 is 1.32 bits per heavy atom. The minimum Gasteiger partial charge on any atom is -0.444 e. The zero-order valence-electron chi connectivity index (χ0n) is 13.6. The molecule has 0 aliphatic rings. The quantitative estimate of drug-likeness (QED) is 0.659. The van der Waals surface area contributed by atoms with Crippen molar-refractivity contribution in [3.05, 3.63) is 11.6 Å². The molecule has 0 aromatic rings. The first-order valence-corrected chi connectivity index (χ1v) is 8.49. The Labute approximate surface area is 130 Å². The largest absolute Gasteiger partial charge is 0.444 e. The number of alkyl carbamates (subject to hydrolysis) is 1. The van der Waals surface area contributed by atoms with E-state index in [4.69, 9.17) is 13.8 Å². The van der Waals surface area contributed by atoms with Crippen LogP contribution >= 0.6 is 7.60 Å². The zero-order chi connectivity index (χ0) is 17.4. The van der Waals surface area contributed by atoms with Crippen LogP contribution in [0.15, 0.2) is 11.6 Å². The number of hydrogen-bond acceptors (Lipinski definition) is 6. The maximum Gasteiger partial charge on any atom is 0.408 e. The van der Waals surface area contributed by atoms with Gasteiger partial charge >= 0.3 is 13.7 Å². The van der Waals surface area contributed by atoms with Crippen LogP contribution < -0.4 is 5.32 Å². The van der Waals surface area contributed by atoms with Gasteiger partial charge in [0.2, 0.25) is 5.57 Å². The van der Waals surface area contributed by atoms with Gasteiger partial charge in [-0.2, -0.15) is 4.39 Å². The molecule has 1 amide bonds. The maximum absolute atomic E-state index is 14.1. The number of aliphatic hydroxyl groups excluding tert-OH is 1. The SMILES string of the molecule is CCOP(=O)(OCC)C(F)=C[C@H](CO)NC(=O)OC(C)(C)C. The highest BCUT2D eigenvalue weighted by Gasteiger charge is 2.31. The molecule has 0 bridgehead atoms. The highest BCUT2D eigenvalue weighted by Crippen LogP contribution is 2.56. The van der Waals surface area contributed by atoms with Crippen LogP contribution in [0.3, 0.4) is 0 Å². The molecule has 0 saturated heterocycles. The molecule has 0 aromatic carbocycles. The van der Waals surface area contributed by atoms with E-state index in [1.807, 2.05) is 0 Å². The molecule has 0 aliphatic carbocycles. The van der Waals surface area contributed by atoms with Crippen LogP contribution in [0.25, 0.3) is 0 Å². The first kappa shape index (κ1) is 21.0. The number of halogens is 1. The summed E-state index contributed by atoms with van der Waals surface area (Å²) in [6, 6.07) is -1.12. The normalized spacial score (nSPS) is 14.6. The van der Waals surface area contributed by atoms with Crippen molar-refractivity contribution in [3.63, 3.8) is 0 Å². The van der Waals surface area contributed by atoms with Crippen molar-refractivity contribution in [1.29, 1.82) is 0 Å². The van der Waals surface area contributed by atoms with E-state index in [9.17, 15) is 18.9 Å². The molecule has 0 aromatic heterocycles. The fraction of sp³-hybridized carbons (Fsp3) is 0.769. The summed E-state index contributed by atoms with van der Waals surface area (Å²) in [7, 11) is -4.07. The van der Waals surface area contributed by atoms with Gasteiger partial charge in [-0.1, -0.05) is 0 Å². The molecule has 9 heteroatoms. The van der Waals surface area contributed by atoms with E-state index >= 15 is 0 Å². The first-order chi connectivity index (χ1) is 10.1. The molecule has 22 heavy (non-hydrogen) atoms. The zero-order valence-corrected chi connectivity index (χ0v) is 14.5. The van der Waals surface area contributed by atoms with Gasteiger partial charge in [0.05, 0.1) is 25.9 Å². The Hall–Kier alpha value is -0.950. The number of rotatable bonds is 8. The average Bonchev–Trinajstić information content (AvgIpc) is 2.36. The molecule has 0 fully saturated rings. The molecule has 0 unspecified atom stereocenters. The molecule has 0 aliphatic heterocycles. The third-order valence-corrected chi connectivity index (χ3v) is 3.97. The second-order valence-electron chi connectivity index (χ2n) is 5.26. The Kier molecular flexibility index (Phi) is 8.85. The van der Waals surface area contributed by atoms with Crippen molar-refractivity contribution in [2.24, 2.45) is 0 Å². The Morgan fingerprint density at radius 3 is 2.18 bits per heavy atom. The number of ether oxygens (including phenoxy) is 1. The van der Waals surface area contributed by atoms with Gasteiger partial charge in [0.25, 0.3) is 0 Å². The van der Waals surface area contributed by atoms with Crippen LogP contribution in [0.2, 0.25) is 0 Å². The summed E-state index contributed by atoms with van der Waals surface area (Å²) in [4.78, 5) is 11.6. The van der Waals surface area contributed by atoms with E-state index in [0.29, 0.717) is 0 Å². The van der Waals surface area contributed by atoms with Crippen LogP contribution in [0.4, 0.5) is 9.18 Å². The van der Waals surface area contributed by atoms with E-state index in [2.05, 4.69) is 5.32 Å². The minimum absolute atomic E-state index is 0.0121. The lowest BCUT2D eigenvalue weighted by Crippen LogP contribution is -2.40. The lowest BCUT2D eigenvalue weighted by molar-refractivity contribution is 0.0497. The van der Waals surface area contributed by atoms with Gasteiger partial charge in [0, 0.05) is 0 Å². The average molecular weight is 341 g/mol. The number of hydrogen-bond donors (Lipinski definition) is 2. The molecule has 0 rings (SSSR count). The van der Waals surface area contributed by atoms with Crippen molar-refractivity contribution in [3.8, 4) is 0 Å². The van der Waals surface area contributed by atoms with Gasteiger partial charge in [-0.05, 0) is 40.7 Å². The molecular formula is C13H25FNO6P. The van der Waals surface area contributed by atoms with Gasteiger partial charge in [-0.3, -0.25) is 4.57 Å². The third-order valence-electron chi connectivity index (χ3n) is 2.10. The van der Waals surface area contributed by atoms with Gasteiger partial charge in [0.1, 0.15) is 5.60 Å². The molecule has 130 valence electrons. The first-order valence-electron chi connectivity index (χ1n) is 6.95. The van der Waals surface area contributed by atoms with Crippen LogP contribution in [-0.4, -0.2) is 42.7 Å². The van der Waals surface area contributed by atoms with Crippen molar-refractivity contribution < 1.29 is 32.6 Å². The summed E-state index contributed by atoms with van der Waals surface area (Å²) in [6.07, 6.45) is -0.0472. The lowest BCUT2D eigenvalue weighted by Gasteiger charge is -2.22. The summed E-state index contributed by atoms with van der Waals surface area (Å²) in [5.41, 5.74) is -1.91. The highest BCUT2D eigenvalue weighted by atomic mass is 31.2. The topological polar surface area (TPSA) is 94.1 Å². The summed E-state index contributed by atoms with van der Waals surface area (Å²) in [6.45, 7) is 7.44. The van der Waals surface area contributed by atoms with Crippen molar-refractivity contribution in [1.82, 2.24) is 5.32 Å². The standard InChI is InChI=1S/C13H25FNO6P/c1-6-19-22(18,20-7-2)11(14)8-10(9-16)15-12(17)21-13(3,4)5/h8,10,16H,6-7,9H2,1-5H3,(H,15,17)/t10-/m1/s1. The van der Waals surface area contributed by atoms with E-state index in [0.717, 1.165) is 6.08 Å². The second-order valence-corrected chi connectivity index (χ2v) is 7.20. The van der Waals surface area contributed by atoms with E-state index in [-0.39, 0.29) is 13.2 Å². The summed E-state index contributed by atoms with van der Waals surface area (Å²) >= 11 is 0. The molecule has 0 spiro atoms. The minimum atomic E-state index is -4.07. The molecule has 0 radical (unpaired) electrons. The molecule has 2 N–H and O–H groups in total.